The van der Waals surface area contributed by atoms with E-state index in [1.54, 1.807) is 31.3 Å². The lowest BCUT2D eigenvalue weighted by molar-refractivity contribution is -0.130. The van der Waals surface area contributed by atoms with Crippen molar-refractivity contribution in [2.24, 2.45) is 0 Å². The first kappa shape index (κ1) is 17.6. The van der Waals surface area contributed by atoms with E-state index >= 15 is 0 Å². The fraction of sp³-hybridized carbons (Fsp3) is 0.375. The van der Waals surface area contributed by atoms with Gasteiger partial charge in [0, 0.05) is 13.1 Å². The fourth-order valence-electron chi connectivity index (χ4n) is 2.27. The standard InChI is InChI=1S/C16H17IN2O4/c1-21-14-9-11(8-13(17)15(14)22-2)7-12(10-18)16(20)19-3-5-23-6-4-19/h7-9H,3-6H2,1-2H3/b12-7+. The van der Waals surface area contributed by atoms with Crippen molar-refractivity contribution >= 4 is 34.6 Å². The maximum Gasteiger partial charge on any atom is 0.264 e. The van der Waals surface area contributed by atoms with Crippen LogP contribution in [-0.2, 0) is 9.53 Å². The molecule has 2 rings (SSSR count). The molecule has 0 aliphatic carbocycles. The highest BCUT2D eigenvalue weighted by atomic mass is 127. The van der Waals surface area contributed by atoms with Crippen LogP contribution >= 0.6 is 22.6 Å². The number of amides is 1. The van der Waals surface area contributed by atoms with Crippen LogP contribution in [0.5, 0.6) is 11.5 Å². The molecule has 0 bridgehead atoms. The van der Waals surface area contributed by atoms with Gasteiger partial charge in [-0.25, -0.2) is 0 Å². The van der Waals surface area contributed by atoms with Crippen molar-refractivity contribution in [3.63, 3.8) is 0 Å². The van der Waals surface area contributed by atoms with Gasteiger partial charge in [-0.3, -0.25) is 4.79 Å². The van der Waals surface area contributed by atoms with Gasteiger partial charge in [0.25, 0.3) is 5.91 Å². The number of rotatable bonds is 4. The number of hydrogen-bond acceptors (Lipinski definition) is 5. The quantitative estimate of drug-likeness (QED) is 0.417. The molecule has 6 nitrogen and oxygen atoms in total. The molecule has 0 N–H and O–H groups in total. The van der Waals surface area contributed by atoms with Crippen LogP contribution in [0.3, 0.4) is 0 Å². The third kappa shape index (κ3) is 4.14. The Balaban J connectivity index is 2.32. The number of hydrogen-bond donors (Lipinski definition) is 0. The Kier molecular flexibility index (Phi) is 6.24. The molecular weight excluding hydrogens is 411 g/mol. The first-order valence-corrected chi connectivity index (χ1v) is 8.09. The lowest BCUT2D eigenvalue weighted by atomic mass is 10.1. The molecule has 7 heteroatoms. The van der Waals surface area contributed by atoms with E-state index in [-0.39, 0.29) is 11.5 Å². The Labute approximate surface area is 148 Å². The maximum absolute atomic E-state index is 12.4. The zero-order chi connectivity index (χ0) is 16.8. The van der Waals surface area contributed by atoms with Crippen molar-refractivity contribution in [2.75, 3.05) is 40.5 Å². The zero-order valence-corrected chi connectivity index (χ0v) is 15.1. The van der Waals surface area contributed by atoms with Crippen LogP contribution in [0.2, 0.25) is 0 Å². The molecule has 1 amide bonds. The van der Waals surface area contributed by atoms with Crippen LogP contribution in [0.15, 0.2) is 17.7 Å². The summed E-state index contributed by atoms with van der Waals surface area (Å²) in [5, 5.41) is 9.33. The molecule has 0 atom stereocenters. The molecule has 0 saturated carbocycles. The van der Waals surface area contributed by atoms with Crippen LogP contribution in [0.25, 0.3) is 6.08 Å². The van der Waals surface area contributed by atoms with Crippen molar-refractivity contribution in [2.45, 2.75) is 0 Å². The number of ether oxygens (including phenoxy) is 3. The number of carbonyl (C=O) groups is 1. The topological polar surface area (TPSA) is 71.8 Å². The molecule has 23 heavy (non-hydrogen) atoms. The summed E-state index contributed by atoms with van der Waals surface area (Å²) in [6, 6.07) is 5.57. The van der Waals surface area contributed by atoms with Gasteiger partial charge in [-0.15, -0.1) is 0 Å². The van der Waals surface area contributed by atoms with Gasteiger partial charge in [0.1, 0.15) is 11.6 Å². The van der Waals surface area contributed by atoms with Crippen LogP contribution in [0, 0.1) is 14.9 Å². The van der Waals surface area contributed by atoms with Crippen LogP contribution in [-0.4, -0.2) is 51.3 Å². The molecule has 1 fully saturated rings. The molecule has 0 spiro atoms. The summed E-state index contributed by atoms with van der Waals surface area (Å²) in [6.45, 7) is 2.00. The summed E-state index contributed by atoms with van der Waals surface area (Å²) in [4.78, 5) is 14.0. The molecule has 0 unspecified atom stereocenters. The SMILES string of the molecule is COc1cc(/C=C(\C#N)C(=O)N2CCOCC2)cc(I)c1OC. The molecule has 122 valence electrons. The maximum atomic E-state index is 12.4. The van der Waals surface area contributed by atoms with E-state index < -0.39 is 0 Å². The summed E-state index contributed by atoms with van der Waals surface area (Å²) in [5.74, 6) is 0.908. The Bertz CT molecular complexity index is 661. The van der Waals surface area contributed by atoms with E-state index in [4.69, 9.17) is 14.2 Å². The second-order valence-corrected chi connectivity index (χ2v) is 5.97. The van der Waals surface area contributed by atoms with Gasteiger partial charge in [-0.2, -0.15) is 5.26 Å². The first-order chi connectivity index (χ1) is 11.1. The minimum atomic E-state index is -0.277. The molecule has 1 aliphatic rings. The van der Waals surface area contributed by atoms with Gasteiger partial charge in [0.05, 0.1) is 31.0 Å². The second kappa shape index (κ2) is 8.17. The van der Waals surface area contributed by atoms with Gasteiger partial charge in [-0.1, -0.05) is 0 Å². The molecular formula is C16H17IN2O4. The van der Waals surface area contributed by atoms with E-state index in [2.05, 4.69) is 22.6 Å². The summed E-state index contributed by atoms with van der Waals surface area (Å²) in [7, 11) is 3.11. The molecule has 1 aromatic carbocycles. The molecule has 1 heterocycles. The Morgan fingerprint density at radius 3 is 2.61 bits per heavy atom. The first-order valence-electron chi connectivity index (χ1n) is 7.01. The smallest absolute Gasteiger partial charge is 0.264 e. The highest BCUT2D eigenvalue weighted by Crippen LogP contribution is 2.34. The lowest BCUT2D eigenvalue weighted by Crippen LogP contribution is -2.41. The summed E-state index contributed by atoms with van der Waals surface area (Å²) >= 11 is 2.13. The molecule has 0 radical (unpaired) electrons. The Hall–Kier alpha value is -1.79. The second-order valence-electron chi connectivity index (χ2n) is 4.81. The Morgan fingerprint density at radius 1 is 1.35 bits per heavy atom. The van der Waals surface area contributed by atoms with Gasteiger partial charge >= 0.3 is 0 Å². The number of carbonyl (C=O) groups excluding carboxylic acids is 1. The van der Waals surface area contributed by atoms with Gasteiger partial charge in [-0.05, 0) is 46.4 Å². The van der Waals surface area contributed by atoms with E-state index in [0.29, 0.717) is 43.4 Å². The van der Waals surface area contributed by atoms with Gasteiger partial charge in [0.2, 0.25) is 0 Å². The monoisotopic (exact) mass is 428 g/mol. The number of halogens is 1. The molecule has 1 saturated heterocycles. The molecule has 1 aliphatic heterocycles. The largest absolute Gasteiger partial charge is 0.493 e. The molecule has 0 aromatic heterocycles. The van der Waals surface area contributed by atoms with E-state index in [0.717, 1.165) is 3.57 Å². The minimum absolute atomic E-state index is 0.0925. The predicted octanol–water partition coefficient (Wildman–Crippen LogP) is 2.07. The van der Waals surface area contributed by atoms with Crippen LogP contribution < -0.4 is 9.47 Å². The summed E-state index contributed by atoms with van der Waals surface area (Å²) in [6.07, 6.45) is 1.57. The average molecular weight is 428 g/mol. The van der Waals surface area contributed by atoms with E-state index in [9.17, 15) is 10.1 Å². The normalized spacial score (nSPS) is 15.0. The van der Waals surface area contributed by atoms with Crippen LogP contribution in [0.4, 0.5) is 0 Å². The number of morpholine rings is 1. The third-order valence-electron chi connectivity index (χ3n) is 3.42. The van der Waals surface area contributed by atoms with Crippen molar-refractivity contribution in [3.05, 3.63) is 26.8 Å². The van der Waals surface area contributed by atoms with E-state index in [1.165, 1.54) is 0 Å². The lowest BCUT2D eigenvalue weighted by Gasteiger charge is -2.26. The van der Waals surface area contributed by atoms with Crippen LogP contribution in [0.1, 0.15) is 5.56 Å². The number of benzene rings is 1. The zero-order valence-electron chi connectivity index (χ0n) is 13.0. The van der Waals surface area contributed by atoms with Crippen molar-refractivity contribution in [1.29, 1.82) is 5.26 Å². The summed E-state index contributed by atoms with van der Waals surface area (Å²) < 4.78 is 16.6. The Morgan fingerprint density at radius 2 is 2.04 bits per heavy atom. The van der Waals surface area contributed by atoms with Gasteiger partial charge < -0.3 is 19.1 Å². The molecule has 1 aromatic rings. The third-order valence-corrected chi connectivity index (χ3v) is 4.22. The number of methoxy groups -OCH3 is 2. The average Bonchev–Trinajstić information content (AvgIpc) is 2.59. The summed E-state index contributed by atoms with van der Waals surface area (Å²) in [5.41, 5.74) is 0.806. The van der Waals surface area contributed by atoms with E-state index in [1.807, 2.05) is 12.1 Å². The van der Waals surface area contributed by atoms with Gasteiger partial charge in [0.15, 0.2) is 11.5 Å². The van der Waals surface area contributed by atoms with Crippen molar-refractivity contribution < 1.29 is 19.0 Å². The predicted molar refractivity (Wildman–Crippen MR) is 93.3 cm³/mol. The van der Waals surface area contributed by atoms with Crippen molar-refractivity contribution in [3.8, 4) is 17.6 Å². The highest BCUT2D eigenvalue weighted by molar-refractivity contribution is 14.1. The fourth-order valence-corrected chi connectivity index (χ4v) is 3.11. The highest BCUT2D eigenvalue weighted by Gasteiger charge is 2.21. The minimum Gasteiger partial charge on any atom is -0.493 e. The number of nitrogens with zero attached hydrogens (tertiary/aromatic N) is 2. The van der Waals surface area contributed by atoms with Crippen molar-refractivity contribution in [1.82, 2.24) is 4.90 Å². The number of nitriles is 1.